The fourth-order valence-corrected chi connectivity index (χ4v) is 3.54. The van der Waals surface area contributed by atoms with Gasteiger partial charge in [-0.1, -0.05) is 36.4 Å². The molecule has 124 valence electrons. The lowest BCUT2D eigenvalue weighted by Gasteiger charge is -2.06. The number of imidazole rings is 1. The molecule has 0 saturated carbocycles. The molecule has 2 aromatic carbocycles. The van der Waals surface area contributed by atoms with Crippen LogP contribution in [0.5, 0.6) is 0 Å². The molecule has 4 aromatic rings. The average molecular weight is 329 g/mol. The van der Waals surface area contributed by atoms with Gasteiger partial charge in [0.2, 0.25) is 0 Å². The number of hydrogen-bond donors (Lipinski definition) is 3. The highest BCUT2D eigenvalue weighted by atomic mass is 15.1. The second-order valence-corrected chi connectivity index (χ2v) is 6.58. The molecule has 5 heteroatoms. The van der Waals surface area contributed by atoms with Crippen LogP contribution in [0.2, 0.25) is 0 Å². The lowest BCUT2D eigenvalue weighted by Crippen LogP contribution is -2.14. The molecule has 2 aromatic heterocycles. The summed E-state index contributed by atoms with van der Waals surface area (Å²) in [6.45, 7) is 1.08. The van der Waals surface area contributed by atoms with Crippen molar-refractivity contribution in [1.82, 2.24) is 25.5 Å². The Bertz CT molecular complexity index is 1010. The van der Waals surface area contributed by atoms with Crippen molar-refractivity contribution in [3.8, 4) is 22.4 Å². The van der Waals surface area contributed by atoms with Crippen molar-refractivity contribution in [3.05, 3.63) is 60.7 Å². The summed E-state index contributed by atoms with van der Waals surface area (Å²) in [5.41, 5.74) is 5.66. The molecule has 3 heterocycles. The zero-order valence-corrected chi connectivity index (χ0v) is 13.8. The maximum Gasteiger partial charge on any atom is 0.123 e. The molecule has 5 rings (SSSR count). The van der Waals surface area contributed by atoms with Gasteiger partial charge in [0.25, 0.3) is 0 Å². The van der Waals surface area contributed by atoms with Crippen LogP contribution in [-0.2, 0) is 0 Å². The van der Waals surface area contributed by atoms with Crippen molar-refractivity contribution in [1.29, 1.82) is 0 Å². The molecule has 0 bridgehead atoms. The number of hydrogen-bond acceptors (Lipinski definition) is 3. The van der Waals surface area contributed by atoms with E-state index in [0.29, 0.717) is 6.04 Å². The highest BCUT2D eigenvalue weighted by Crippen LogP contribution is 2.27. The normalized spacial score (nSPS) is 17.4. The topological polar surface area (TPSA) is 69.4 Å². The molecule has 0 spiro atoms. The maximum absolute atomic E-state index is 4.55. The van der Waals surface area contributed by atoms with Crippen molar-refractivity contribution in [2.75, 3.05) is 6.54 Å². The lowest BCUT2D eigenvalue weighted by molar-refractivity contribution is 0.613. The van der Waals surface area contributed by atoms with Gasteiger partial charge in [0.15, 0.2) is 0 Å². The number of nitrogens with zero attached hydrogens (tertiary/aromatic N) is 2. The van der Waals surface area contributed by atoms with E-state index in [9.17, 15) is 0 Å². The van der Waals surface area contributed by atoms with E-state index < -0.39 is 0 Å². The van der Waals surface area contributed by atoms with Crippen LogP contribution in [0, 0.1) is 0 Å². The zero-order valence-electron chi connectivity index (χ0n) is 13.8. The first kappa shape index (κ1) is 14.4. The number of aromatic nitrogens is 4. The monoisotopic (exact) mass is 329 g/mol. The third-order valence-corrected chi connectivity index (χ3v) is 4.96. The Morgan fingerprint density at radius 2 is 1.76 bits per heavy atom. The molecule has 1 saturated heterocycles. The number of fused-ring (bicyclic) bond motifs is 1. The SMILES string of the molecule is c1cc(-c2cnc([C@@H]3CCCN3)[nH]2)ccc1-c1ccc2cn[nH]c2c1. The van der Waals surface area contributed by atoms with Crippen molar-refractivity contribution >= 4 is 10.9 Å². The van der Waals surface area contributed by atoms with Crippen molar-refractivity contribution < 1.29 is 0 Å². The first-order chi connectivity index (χ1) is 12.4. The van der Waals surface area contributed by atoms with Crippen LogP contribution in [0.1, 0.15) is 24.7 Å². The van der Waals surface area contributed by atoms with Gasteiger partial charge in [0.05, 0.1) is 29.6 Å². The Hall–Kier alpha value is -2.92. The largest absolute Gasteiger partial charge is 0.341 e. The number of nitrogens with one attached hydrogen (secondary N) is 3. The van der Waals surface area contributed by atoms with Crippen LogP contribution in [0.3, 0.4) is 0 Å². The second kappa shape index (κ2) is 5.86. The standard InChI is InChI=1S/C20H19N5/c1-2-17(21-9-1)20-22-12-19(24-20)14-5-3-13(4-6-14)15-7-8-16-11-23-25-18(16)10-15/h3-8,10-12,17,21H,1-2,9H2,(H,22,24)(H,23,25)/t17-/m0/s1. The summed E-state index contributed by atoms with van der Waals surface area (Å²) in [6.07, 6.45) is 6.15. The van der Waals surface area contributed by atoms with Crippen LogP contribution in [0.15, 0.2) is 54.9 Å². The van der Waals surface area contributed by atoms with E-state index in [2.05, 4.69) is 67.9 Å². The smallest absolute Gasteiger partial charge is 0.123 e. The fraction of sp³-hybridized carbons (Fsp3) is 0.200. The van der Waals surface area contributed by atoms with Crippen LogP contribution < -0.4 is 5.32 Å². The Morgan fingerprint density at radius 1 is 0.920 bits per heavy atom. The second-order valence-electron chi connectivity index (χ2n) is 6.58. The predicted molar refractivity (Wildman–Crippen MR) is 99.1 cm³/mol. The molecular formula is C20H19N5. The highest BCUT2D eigenvalue weighted by molar-refractivity contribution is 5.84. The van der Waals surface area contributed by atoms with Crippen LogP contribution in [0.4, 0.5) is 0 Å². The van der Waals surface area contributed by atoms with Gasteiger partial charge in [0, 0.05) is 5.39 Å². The molecule has 0 radical (unpaired) electrons. The molecule has 1 aliphatic heterocycles. The predicted octanol–water partition coefficient (Wildman–Crippen LogP) is 4.04. The zero-order chi connectivity index (χ0) is 16.6. The number of aromatic amines is 2. The Morgan fingerprint density at radius 3 is 2.60 bits per heavy atom. The van der Waals surface area contributed by atoms with Crippen molar-refractivity contribution in [2.45, 2.75) is 18.9 Å². The van der Waals surface area contributed by atoms with Gasteiger partial charge in [-0.05, 0) is 42.1 Å². The van der Waals surface area contributed by atoms with Gasteiger partial charge >= 0.3 is 0 Å². The first-order valence-corrected chi connectivity index (χ1v) is 8.69. The van der Waals surface area contributed by atoms with E-state index in [1.165, 1.54) is 17.5 Å². The number of benzene rings is 2. The summed E-state index contributed by atoms with van der Waals surface area (Å²) in [5, 5.41) is 11.7. The Balaban J connectivity index is 1.42. The van der Waals surface area contributed by atoms with Crippen LogP contribution in [-0.4, -0.2) is 26.7 Å². The molecule has 1 fully saturated rings. The molecule has 0 amide bonds. The first-order valence-electron chi connectivity index (χ1n) is 8.69. The van der Waals surface area contributed by atoms with Gasteiger partial charge in [-0.2, -0.15) is 5.10 Å². The van der Waals surface area contributed by atoms with Gasteiger partial charge in [0.1, 0.15) is 5.82 Å². The van der Waals surface area contributed by atoms with E-state index in [0.717, 1.165) is 41.0 Å². The Labute approximate surface area is 145 Å². The van der Waals surface area contributed by atoms with Crippen molar-refractivity contribution in [2.24, 2.45) is 0 Å². The van der Waals surface area contributed by atoms with Gasteiger partial charge in [-0.15, -0.1) is 0 Å². The maximum atomic E-state index is 4.55. The molecule has 1 atom stereocenters. The van der Waals surface area contributed by atoms with Gasteiger partial charge < -0.3 is 10.3 Å². The molecule has 3 N–H and O–H groups in total. The summed E-state index contributed by atoms with van der Waals surface area (Å²) in [6, 6.07) is 15.3. The summed E-state index contributed by atoms with van der Waals surface area (Å²) < 4.78 is 0. The summed E-state index contributed by atoms with van der Waals surface area (Å²) in [4.78, 5) is 8.02. The van der Waals surface area contributed by atoms with Crippen LogP contribution in [0.25, 0.3) is 33.3 Å². The average Bonchev–Trinajstić information content (AvgIpc) is 3.41. The Kier molecular flexibility index (Phi) is 3.38. The fourth-order valence-electron chi connectivity index (χ4n) is 3.54. The quantitative estimate of drug-likeness (QED) is 0.531. The molecule has 1 aliphatic rings. The molecule has 25 heavy (non-hydrogen) atoms. The van der Waals surface area contributed by atoms with Gasteiger partial charge in [-0.3, -0.25) is 5.10 Å². The van der Waals surface area contributed by atoms with E-state index in [4.69, 9.17) is 0 Å². The van der Waals surface area contributed by atoms with Crippen LogP contribution >= 0.6 is 0 Å². The van der Waals surface area contributed by atoms with E-state index in [1.807, 2.05) is 12.4 Å². The van der Waals surface area contributed by atoms with Crippen molar-refractivity contribution in [3.63, 3.8) is 0 Å². The highest BCUT2D eigenvalue weighted by Gasteiger charge is 2.19. The minimum absolute atomic E-state index is 0.370. The third-order valence-electron chi connectivity index (χ3n) is 4.96. The molecule has 0 aliphatic carbocycles. The van der Waals surface area contributed by atoms with E-state index in [-0.39, 0.29) is 0 Å². The minimum Gasteiger partial charge on any atom is -0.341 e. The third kappa shape index (κ3) is 2.62. The summed E-state index contributed by atoms with van der Waals surface area (Å²) in [5.74, 6) is 1.04. The summed E-state index contributed by atoms with van der Waals surface area (Å²) >= 11 is 0. The molecule has 5 nitrogen and oxygen atoms in total. The summed E-state index contributed by atoms with van der Waals surface area (Å²) in [7, 11) is 0. The van der Waals surface area contributed by atoms with Gasteiger partial charge in [-0.25, -0.2) is 4.98 Å². The number of rotatable bonds is 3. The molecular weight excluding hydrogens is 310 g/mol. The number of H-pyrrole nitrogens is 2. The van der Waals surface area contributed by atoms with E-state index >= 15 is 0 Å². The molecule has 0 unspecified atom stereocenters. The van der Waals surface area contributed by atoms with E-state index in [1.54, 1.807) is 0 Å². The minimum atomic E-state index is 0.370. The lowest BCUT2D eigenvalue weighted by atomic mass is 10.0.